The summed E-state index contributed by atoms with van der Waals surface area (Å²) < 4.78 is 0.895. The monoisotopic (exact) mass is 338 g/mol. The Labute approximate surface area is 132 Å². The normalized spacial score (nSPS) is 10.3. The zero-order chi connectivity index (χ0) is 14.4. The van der Waals surface area contributed by atoms with Gasteiger partial charge in [0.1, 0.15) is 4.34 Å². The van der Waals surface area contributed by atoms with Crippen LogP contribution in [0.2, 0.25) is 8.67 Å². The van der Waals surface area contributed by atoms with Gasteiger partial charge in [-0.2, -0.15) is 0 Å². The van der Waals surface area contributed by atoms with E-state index in [0.29, 0.717) is 25.9 Å². The molecule has 0 spiro atoms. The first kappa shape index (κ1) is 16.7. The number of carbonyl (C=O) groups excluding carboxylic acids is 1. The number of amides is 1. The second kappa shape index (κ2) is 8.04. The van der Waals surface area contributed by atoms with Gasteiger partial charge >= 0.3 is 0 Å². The van der Waals surface area contributed by atoms with Crippen molar-refractivity contribution in [2.45, 2.75) is 26.7 Å². The van der Waals surface area contributed by atoms with Gasteiger partial charge in [0.15, 0.2) is 5.11 Å². The molecule has 0 aliphatic heterocycles. The predicted molar refractivity (Wildman–Crippen MR) is 86.6 cm³/mol. The third-order valence-electron chi connectivity index (χ3n) is 2.35. The lowest BCUT2D eigenvalue weighted by Crippen LogP contribution is -2.44. The third kappa shape index (κ3) is 4.60. The molecule has 1 aromatic heterocycles. The molecule has 1 aromatic rings. The molecule has 0 aliphatic carbocycles. The van der Waals surface area contributed by atoms with Crippen LogP contribution in [0.1, 0.15) is 37.0 Å². The van der Waals surface area contributed by atoms with Crippen LogP contribution in [0.4, 0.5) is 0 Å². The van der Waals surface area contributed by atoms with E-state index < -0.39 is 0 Å². The molecule has 106 valence electrons. The van der Waals surface area contributed by atoms with E-state index in [1.807, 2.05) is 13.8 Å². The Morgan fingerprint density at radius 3 is 2.58 bits per heavy atom. The summed E-state index contributed by atoms with van der Waals surface area (Å²) >= 11 is 18.3. The number of rotatable bonds is 5. The molecule has 0 saturated heterocycles. The largest absolute Gasteiger partial charge is 0.362 e. The number of nitrogens with one attached hydrogen (secondary N) is 1. The number of hydrogen-bond acceptors (Lipinski definition) is 3. The van der Waals surface area contributed by atoms with E-state index in [0.717, 1.165) is 19.4 Å². The Morgan fingerprint density at radius 2 is 2.11 bits per heavy atom. The van der Waals surface area contributed by atoms with Crippen molar-refractivity contribution >= 4 is 57.8 Å². The molecule has 0 unspecified atom stereocenters. The summed E-state index contributed by atoms with van der Waals surface area (Å²) in [6.45, 7) is 5.32. The minimum absolute atomic E-state index is 0.205. The van der Waals surface area contributed by atoms with Gasteiger partial charge < -0.3 is 5.32 Å². The summed E-state index contributed by atoms with van der Waals surface area (Å²) in [5.74, 6) is -0.205. The zero-order valence-corrected chi connectivity index (χ0v) is 14.0. The lowest BCUT2D eigenvalue weighted by molar-refractivity contribution is 0.0846. The van der Waals surface area contributed by atoms with Crippen LogP contribution in [0.15, 0.2) is 6.07 Å². The molecule has 1 rings (SSSR count). The van der Waals surface area contributed by atoms with E-state index in [1.54, 1.807) is 6.07 Å². The number of thiophene rings is 1. The van der Waals surface area contributed by atoms with Gasteiger partial charge in [-0.15, -0.1) is 11.3 Å². The van der Waals surface area contributed by atoms with Crippen molar-refractivity contribution in [1.82, 2.24) is 10.2 Å². The van der Waals surface area contributed by atoms with Crippen molar-refractivity contribution in [2.24, 2.45) is 0 Å². The van der Waals surface area contributed by atoms with Gasteiger partial charge in [0.2, 0.25) is 0 Å². The summed E-state index contributed by atoms with van der Waals surface area (Å²) in [5, 5.41) is 3.50. The van der Waals surface area contributed by atoms with E-state index in [4.69, 9.17) is 35.4 Å². The van der Waals surface area contributed by atoms with Gasteiger partial charge in [-0.1, -0.05) is 37.0 Å². The highest BCUT2D eigenvalue weighted by Crippen LogP contribution is 2.32. The molecule has 3 nitrogen and oxygen atoms in total. The average molecular weight is 339 g/mol. The number of carbonyl (C=O) groups is 1. The molecule has 0 saturated carbocycles. The molecule has 0 radical (unpaired) electrons. The van der Waals surface area contributed by atoms with E-state index in [1.165, 1.54) is 16.2 Å². The first-order valence-electron chi connectivity index (χ1n) is 6.05. The fraction of sp³-hybridized carbons (Fsp3) is 0.500. The lowest BCUT2D eigenvalue weighted by atomic mass is 10.3. The maximum atomic E-state index is 12.4. The highest BCUT2D eigenvalue weighted by molar-refractivity contribution is 7.80. The van der Waals surface area contributed by atoms with Crippen LogP contribution < -0.4 is 5.32 Å². The molecule has 0 bridgehead atoms. The van der Waals surface area contributed by atoms with Crippen molar-refractivity contribution in [3.8, 4) is 0 Å². The topological polar surface area (TPSA) is 32.3 Å². The quantitative estimate of drug-likeness (QED) is 0.817. The minimum Gasteiger partial charge on any atom is -0.362 e. The second-order valence-corrected chi connectivity index (χ2v) is 6.60. The van der Waals surface area contributed by atoms with Gasteiger partial charge in [-0.05, 0) is 31.1 Å². The molecule has 1 heterocycles. The van der Waals surface area contributed by atoms with E-state index in [9.17, 15) is 4.79 Å². The maximum absolute atomic E-state index is 12.4. The van der Waals surface area contributed by atoms with Gasteiger partial charge in [-0.3, -0.25) is 9.69 Å². The Morgan fingerprint density at radius 1 is 1.42 bits per heavy atom. The predicted octanol–water partition coefficient (Wildman–Crippen LogP) is 4.19. The van der Waals surface area contributed by atoms with Crippen molar-refractivity contribution in [3.05, 3.63) is 20.3 Å². The second-order valence-electron chi connectivity index (χ2n) is 3.93. The Bertz CT molecular complexity index is 463. The SMILES string of the molecule is CCCNC(=S)N(CCC)C(=O)c1cc(Cl)sc1Cl. The van der Waals surface area contributed by atoms with Crippen LogP contribution in [0.25, 0.3) is 0 Å². The highest BCUT2D eigenvalue weighted by Gasteiger charge is 2.23. The first-order chi connectivity index (χ1) is 9.01. The zero-order valence-electron chi connectivity index (χ0n) is 10.8. The molecular formula is C12H16Cl2N2OS2. The molecule has 1 amide bonds. The molecule has 0 aliphatic rings. The van der Waals surface area contributed by atoms with Crippen LogP contribution in [-0.4, -0.2) is 29.0 Å². The van der Waals surface area contributed by atoms with Crippen LogP contribution >= 0.6 is 46.8 Å². The number of halogens is 2. The molecule has 7 heteroatoms. The fourth-order valence-electron chi connectivity index (χ4n) is 1.48. The molecule has 0 fully saturated rings. The van der Waals surface area contributed by atoms with Crippen molar-refractivity contribution < 1.29 is 4.79 Å². The fourth-order valence-corrected chi connectivity index (χ4v) is 3.20. The lowest BCUT2D eigenvalue weighted by Gasteiger charge is -2.23. The Balaban J connectivity index is 2.89. The number of nitrogens with zero attached hydrogens (tertiary/aromatic N) is 1. The molecule has 1 N–H and O–H groups in total. The smallest absolute Gasteiger partial charge is 0.262 e. The third-order valence-corrected chi connectivity index (χ3v) is 4.20. The van der Waals surface area contributed by atoms with Gasteiger partial charge in [-0.25, -0.2) is 0 Å². The number of hydrogen-bond donors (Lipinski definition) is 1. The van der Waals surface area contributed by atoms with E-state index in [2.05, 4.69) is 5.32 Å². The Hall–Kier alpha value is -0.360. The minimum atomic E-state index is -0.205. The van der Waals surface area contributed by atoms with E-state index >= 15 is 0 Å². The van der Waals surface area contributed by atoms with Crippen LogP contribution in [0.3, 0.4) is 0 Å². The molecule has 0 atom stereocenters. The van der Waals surface area contributed by atoms with Crippen molar-refractivity contribution in [1.29, 1.82) is 0 Å². The van der Waals surface area contributed by atoms with Gasteiger partial charge in [0.05, 0.1) is 9.90 Å². The highest BCUT2D eigenvalue weighted by atomic mass is 35.5. The summed E-state index contributed by atoms with van der Waals surface area (Å²) in [4.78, 5) is 14.0. The maximum Gasteiger partial charge on any atom is 0.262 e. The van der Waals surface area contributed by atoms with Crippen LogP contribution in [0.5, 0.6) is 0 Å². The first-order valence-corrected chi connectivity index (χ1v) is 8.03. The van der Waals surface area contributed by atoms with Crippen LogP contribution in [0, 0.1) is 0 Å². The van der Waals surface area contributed by atoms with Crippen molar-refractivity contribution in [2.75, 3.05) is 13.1 Å². The number of thiocarbonyl (C=S) groups is 1. The molecule has 0 aromatic carbocycles. The van der Waals surface area contributed by atoms with Gasteiger partial charge in [0, 0.05) is 13.1 Å². The average Bonchev–Trinajstić information content (AvgIpc) is 2.71. The van der Waals surface area contributed by atoms with Gasteiger partial charge in [0.25, 0.3) is 5.91 Å². The molecule has 19 heavy (non-hydrogen) atoms. The molecular weight excluding hydrogens is 323 g/mol. The Kier molecular flexibility index (Phi) is 7.07. The summed E-state index contributed by atoms with van der Waals surface area (Å²) in [6, 6.07) is 1.59. The van der Waals surface area contributed by atoms with Crippen molar-refractivity contribution in [3.63, 3.8) is 0 Å². The summed E-state index contributed by atoms with van der Waals surface area (Å²) in [6.07, 6.45) is 1.76. The standard InChI is InChI=1S/C12H16Cl2N2OS2/c1-3-5-15-12(18)16(6-4-2)11(17)8-7-9(13)19-10(8)14/h7H,3-6H2,1-2H3,(H,15,18). The van der Waals surface area contributed by atoms with E-state index in [-0.39, 0.29) is 5.91 Å². The summed E-state index contributed by atoms with van der Waals surface area (Å²) in [7, 11) is 0. The van der Waals surface area contributed by atoms with Crippen LogP contribution in [-0.2, 0) is 0 Å². The summed E-state index contributed by atoms with van der Waals surface area (Å²) in [5.41, 5.74) is 0.408.